The molecular formula is C18H39N. The van der Waals surface area contributed by atoms with Gasteiger partial charge in [0.2, 0.25) is 0 Å². The summed E-state index contributed by atoms with van der Waals surface area (Å²) < 4.78 is 0. The van der Waals surface area contributed by atoms with E-state index in [0.717, 1.165) is 12.0 Å². The summed E-state index contributed by atoms with van der Waals surface area (Å²) in [7, 11) is 0. The molecule has 0 aromatic heterocycles. The van der Waals surface area contributed by atoms with Gasteiger partial charge in [-0.2, -0.15) is 0 Å². The molecule has 19 heavy (non-hydrogen) atoms. The van der Waals surface area contributed by atoms with E-state index in [9.17, 15) is 0 Å². The summed E-state index contributed by atoms with van der Waals surface area (Å²) in [6, 6.07) is 0.732. The summed E-state index contributed by atoms with van der Waals surface area (Å²) in [5, 5.41) is 3.76. The molecule has 1 N–H and O–H groups in total. The minimum absolute atomic E-state index is 0.439. The van der Waals surface area contributed by atoms with Crippen LogP contribution in [0.5, 0.6) is 0 Å². The first kappa shape index (κ1) is 19.0. The van der Waals surface area contributed by atoms with Crippen LogP contribution in [0.25, 0.3) is 0 Å². The summed E-state index contributed by atoms with van der Waals surface area (Å²) in [5.74, 6) is 0.789. The third-order valence-electron chi connectivity index (χ3n) is 4.46. The van der Waals surface area contributed by atoms with E-state index in [1.54, 1.807) is 0 Å². The van der Waals surface area contributed by atoms with Crippen LogP contribution in [0.4, 0.5) is 0 Å². The fourth-order valence-electron chi connectivity index (χ4n) is 2.43. The third kappa shape index (κ3) is 10.4. The first-order chi connectivity index (χ1) is 8.91. The molecule has 0 saturated heterocycles. The standard InChI is InChI=1S/C18H39N/c1-7-9-10-11-12-13-17(19-14-8-2)15-16(3)18(4,5)6/h16-17,19H,7-15H2,1-6H3. The largest absolute Gasteiger partial charge is 0.314 e. The molecule has 1 nitrogen and oxygen atoms in total. The zero-order chi connectivity index (χ0) is 14.7. The Morgan fingerprint density at radius 1 is 0.895 bits per heavy atom. The maximum atomic E-state index is 3.76. The summed E-state index contributed by atoms with van der Waals surface area (Å²) >= 11 is 0. The highest BCUT2D eigenvalue weighted by atomic mass is 14.9. The first-order valence-electron chi connectivity index (χ1n) is 8.65. The van der Waals surface area contributed by atoms with Gasteiger partial charge < -0.3 is 5.32 Å². The number of hydrogen-bond acceptors (Lipinski definition) is 1. The zero-order valence-electron chi connectivity index (χ0n) is 14.5. The van der Waals surface area contributed by atoms with Crippen LogP contribution < -0.4 is 5.32 Å². The average molecular weight is 270 g/mol. The summed E-state index contributed by atoms with van der Waals surface area (Å²) in [4.78, 5) is 0. The Morgan fingerprint density at radius 3 is 2.05 bits per heavy atom. The number of hydrogen-bond donors (Lipinski definition) is 1. The molecule has 0 spiro atoms. The van der Waals surface area contributed by atoms with E-state index in [2.05, 4.69) is 46.9 Å². The van der Waals surface area contributed by atoms with Gasteiger partial charge >= 0.3 is 0 Å². The summed E-state index contributed by atoms with van der Waals surface area (Å²) in [6.45, 7) is 15.3. The van der Waals surface area contributed by atoms with Crippen LogP contribution in [0.15, 0.2) is 0 Å². The maximum absolute atomic E-state index is 3.76. The van der Waals surface area contributed by atoms with Crippen LogP contribution in [0.3, 0.4) is 0 Å². The van der Waals surface area contributed by atoms with Crippen molar-refractivity contribution in [3.8, 4) is 0 Å². The Hall–Kier alpha value is -0.0400. The molecule has 116 valence electrons. The van der Waals surface area contributed by atoms with Gasteiger partial charge in [-0.15, -0.1) is 0 Å². The molecule has 0 saturated carbocycles. The second-order valence-electron chi connectivity index (χ2n) is 7.36. The molecule has 0 fully saturated rings. The molecule has 2 atom stereocenters. The normalized spacial score (nSPS) is 15.5. The molecule has 0 aliphatic carbocycles. The Balaban J connectivity index is 4.01. The first-order valence-corrected chi connectivity index (χ1v) is 8.65. The molecule has 0 radical (unpaired) electrons. The van der Waals surface area contributed by atoms with Crippen molar-refractivity contribution in [3.05, 3.63) is 0 Å². The van der Waals surface area contributed by atoms with Crippen LogP contribution in [-0.2, 0) is 0 Å². The summed E-state index contributed by atoms with van der Waals surface area (Å²) in [6.07, 6.45) is 10.9. The smallest absolute Gasteiger partial charge is 0.00697 e. The van der Waals surface area contributed by atoms with E-state index in [-0.39, 0.29) is 0 Å². The molecule has 0 aromatic carbocycles. The topological polar surface area (TPSA) is 12.0 Å². The van der Waals surface area contributed by atoms with Crippen molar-refractivity contribution in [2.45, 2.75) is 99.0 Å². The van der Waals surface area contributed by atoms with Crippen LogP contribution in [0.2, 0.25) is 0 Å². The lowest BCUT2D eigenvalue weighted by atomic mass is 9.78. The quantitative estimate of drug-likeness (QED) is 0.468. The molecule has 0 amide bonds. The lowest BCUT2D eigenvalue weighted by Crippen LogP contribution is -2.34. The highest BCUT2D eigenvalue weighted by Gasteiger charge is 2.23. The SMILES string of the molecule is CCCCCCCC(CC(C)C(C)(C)C)NCCC. The minimum Gasteiger partial charge on any atom is -0.314 e. The van der Waals surface area contributed by atoms with E-state index in [0.29, 0.717) is 5.41 Å². The molecular weight excluding hydrogens is 230 g/mol. The number of rotatable bonds is 11. The summed E-state index contributed by atoms with van der Waals surface area (Å²) in [5.41, 5.74) is 0.439. The molecule has 0 bridgehead atoms. The molecule has 0 aliphatic rings. The van der Waals surface area contributed by atoms with Crippen molar-refractivity contribution < 1.29 is 0 Å². The molecule has 0 aromatic rings. The van der Waals surface area contributed by atoms with E-state index < -0.39 is 0 Å². The fourth-order valence-corrected chi connectivity index (χ4v) is 2.43. The van der Waals surface area contributed by atoms with Crippen molar-refractivity contribution in [2.75, 3.05) is 6.54 Å². The lowest BCUT2D eigenvalue weighted by molar-refractivity contribution is 0.217. The second kappa shape index (κ2) is 10.7. The second-order valence-corrected chi connectivity index (χ2v) is 7.36. The van der Waals surface area contributed by atoms with Gasteiger partial charge in [-0.05, 0) is 37.1 Å². The molecule has 0 aliphatic heterocycles. The van der Waals surface area contributed by atoms with Crippen LogP contribution in [0, 0.1) is 11.3 Å². The Bertz CT molecular complexity index is 192. The van der Waals surface area contributed by atoms with Gasteiger partial charge in [0.25, 0.3) is 0 Å². The molecule has 0 heterocycles. The highest BCUT2D eigenvalue weighted by Crippen LogP contribution is 2.30. The van der Waals surface area contributed by atoms with Crippen molar-refractivity contribution in [1.82, 2.24) is 5.32 Å². The monoisotopic (exact) mass is 269 g/mol. The predicted octanol–water partition coefficient (Wildman–Crippen LogP) is 5.79. The van der Waals surface area contributed by atoms with Crippen molar-refractivity contribution in [2.24, 2.45) is 11.3 Å². The van der Waals surface area contributed by atoms with Gasteiger partial charge in [-0.3, -0.25) is 0 Å². The zero-order valence-corrected chi connectivity index (χ0v) is 14.5. The average Bonchev–Trinajstić information content (AvgIpc) is 2.34. The fraction of sp³-hybridized carbons (Fsp3) is 1.00. The lowest BCUT2D eigenvalue weighted by Gasteiger charge is -2.31. The Kier molecular flexibility index (Phi) is 10.7. The van der Waals surface area contributed by atoms with E-state index in [1.807, 2.05) is 0 Å². The molecule has 2 unspecified atom stereocenters. The van der Waals surface area contributed by atoms with Crippen LogP contribution in [0.1, 0.15) is 92.9 Å². The van der Waals surface area contributed by atoms with Gasteiger partial charge in [-0.1, -0.05) is 73.6 Å². The predicted molar refractivity (Wildman–Crippen MR) is 88.7 cm³/mol. The number of unbranched alkanes of at least 4 members (excludes halogenated alkanes) is 4. The van der Waals surface area contributed by atoms with E-state index in [4.69, 9.17) is 0 Å². The Morgan fingerprint density at radius 2 is 1.53 bits per heavy atom. The van der Waals surface area contributed by atoms with Gasteiger partial charge in [0.15, 0.2) is 0 Å². The van der Waals surface area contributed by atoms with Crippen LogP contribution >= 0.6 is 0 Å². The van der Waals surface area contributed by atoms with Crippen molar-refractivity contribution in [1.29, 1.82) is 0 Å². The maximum Gasteiger partial charge on any atom is 0.00697 e. The van der Waals surface area contributed by atoms with Gasteiger partial charge in [0, 0.05) is 6.04 Å². The molecule has 0 rings (SSSR count). The van der Waals surface area contributed by atoms with Gasteiger partial charge in [0.05, 0.1) is 0 Å². The minimum atomic E-state index is 0.439. The van der Waals surface area contributed by atoms with Crippen LogP contribution in [-0.4, -0.2) is 12.6 Å². The van der Waals surface area contributed by atoms with Gasteiger partial charge in [0.1, 0.15) is 0 Å². The Labute approximate surface area is 122 Å². The van der Waals surface area contributed by atoms with Gasteiger partial charge in [-0.25, -0.2) is 0 Å². The number of nitrogens with one attached hydrogen (secondary N) is 1. The van der Waals surface area contributed by atoms with E-state index in [1.165, 1.54) is 57.9 Å². The highest BCUT2D eigenvalue weighted by molar-refractivity contribution is 4.77. The van der Waals surface area contributed by atoms with Crippen molar-refractivity contribution >= 4 is 0 Å². The molecule has 1 heteroatoms. The van der Waals surface area contributed by atoms with Crippen molar-refractivity contribution in [3.63, 3.8) is 0 Å². The third-order valence-corrected chi connectivity index (χ3v) is 4.46. The van der Waals surface area contributed by atoms with E-state index >= 15 is 0 Å².